The van der Waals surface area contributed by atoms with Gasteiger partial charge in [-0.2, -0.15) is 5.26 Å². The molecular formula is C19H25N5O2. The summed E-state index contributed by atoms with van der Waals surface area (Å²) in [6, 6.07) is 5.79. The minimum absolute atomic E-state index is 0.0221. The van der Waals surface area contributed by atoms with Gasteiger partial charge < -0.3 is 9.80 Å². The summed E-state index contributed by atoms with van der Waals surface area (Å²) in [5, 5.41) is 8.95. The fourth-order valence-electron chi connectivity index (χ4n) is 3.90. The summed E-state index contributed by atoms with van der Waals surface area (Å²) < 4.78 is 0. The highest BCUT2D eigenvalue weighted by molar-refractivity contribution is 5.94. The van der Waals surface area contributed by atoms with Crippen LogP contribution in [-0.2, 0) is 11.2 Å². The van der Waals surface area contributed by atoms with Crippen molar-refractivity contribution < 1.29 is 9.59 Å². The van der Waals surface area contributed by atoms with Crippen LogP contribution < -0.4 is 0 Å². The number of aryl methyl sites for hydroxylation is 1. The molecule has 2 aliphatic heterocycles. The van der Waals surface area contributed by atoms with Gasteiger partial charge in [0.05, 0.1) is 11.6 Å². The van der Waals surface area contributed by atoms with Crippen molar-refractivity contribution in [1.82, 2.24) is 19.7 Å². The smallest absolute Gasteiger partial charge is 0.255 e. The number of nitrogens with zero attached hydrogens (tertiary/aromatic N) is 5. The normalized spacial score (nSPS) is 20.3. The quantitative estimate of drug-likeness (QED) is 0.753. The number of hydrogen-bond acceptors (Lipinski definition) is 5. The number of hydrogen-bond donors (Lipinski definition) is 0. The molecule has 0 saturated carbocycles. The number of rotatable bonds is 3. The summed E-state index contributed by atoms with van der Waals surface area (Å²) >= 11 is 0. The van der Waals surface area contributed by atoms with E-state index in [0.717, 1.165) is 18.7 Å². The first-order valence-corrected chi connectivity index (χ1v) is 9.13. The van der Waals surface area contributed by atoms with Gasteiger partial charge in [0.15, 0.2) is 0 Å². The molecule has 3 rings (SSSR count). The first-order chi connectivity index (χ1) is 12.5. The summed E-state index contributed by atoms with van der Waals surface area (Å²) in [7, 11) is 1.96. The number of nitriles is 1. The highest BCUT2D eigenvalue weighted by Gasteiger charge is 2.49. The van der Waals surface area contributed by atoms with Gasteiger partial charge in [0.1, 0.15) is 12.1 Å². The van der Waals surface area contributed by atoms with Crippen LogP contribution in [0.4, 0.5) is 0 Å². The number of carbonyl (C=O) groups excluding carboxylic acids is 2. The molecule has 2 saturated heterocycles. The maximum absolute atomic E-state index is 12.9. The zero-order chi connectivity index (χ0) is 18.7. The summed E-state index contributed by atoms with van der Waals surface area (Å²) in [4.78, 5) is 35.5. The minimum Gasteiger partial charge on any atom is -0.338 e. The van der Waals surface area contributed by atoms with E-state index in [1.54, 1.807) is 16.0 Å². The fraction of sp³-hybridized carbons (Fsp3) is 0.579. The van der Waals surface area contributed by atoms with Gasteiger partial charge in [-0.1, -0.05) is 6.92 Å². The molecule has 0 N–H and O–H groups in total. The predicted octanol–water partition coefficient (Wildman–Crippen LogP) is 0.916. The van der Waals surface area contributed by atoms with Crippen LogP contribution in [0, 0.1) is 11.3 Å². The van der Waals surface area contributed by atoms with Crippen molar-refractivity contribution in [2.24, 2.45) is 0 Å². The van der Waals surface area contributed by atoms with E-state index >= 15 is 0 Å². The Bertz CT molecular complexity index is 716. The van der Waals surface area contributed by atoms with Crippen molar-refractivity contribution in [2.45, 2.75) is 31.7 Å². The van der Waals surface area contributed by atoms with E-state index in [4.69, 9.17) is 5.26 Å². The van der Waals surface area contributed by atoms with Crippen LogP contribution in [0.3, 0.4) is 0 Å². The number of aromatic nitrogens is 1. The topological polar surface area (TPSA) is 80.5 Å². The van der Waals surface area contributed by atoms with Gasteiger partial charge in [0, 0.05) is 38.1 Å². The number of pyridine rings is 1. The highest BCUT2D eigenvalue weighted by atomic mass is 16.2. The Kier molecular flexibility index (Phi) is 5.23. The molecule has 0 aliphatic carbocycles. The maximum Gasteiger partial charge on any atom is 0.255 e. The second-order valence-electron chi connectivity index (χ2n) is 7.02. The van der Waals surface area contributed by atoms with Crippen LogP contribution in [0.2, 0.25) is 0 Å². The monoisotopic (exact) mass is 355 g/mol. The van der Waals surface area contributed by atoms with E-state index in [1.165, 1.54) is 0 Å². The van der Waals surface area contributed by atoms with E-state index in [1.807, 2.05) is 26.1 Å². The van der Waals surface area contributed by atoms with E-state index < -0.39 is 5.54 Å². The van der Waals surface area contributed by atoms with Crippen LogP contribution in [0.25, 0.3) is 0 Å². The molecule has 7 nitrogen and oxygen atoms in total. The van der Waals surface area contributed by atoms with Crippen LogP contribution in [0.15, 0.2) is 18.3 Å². The second-order valence-corrected chi connectivity index (χ2v) is 7.02. The zero-order valence-corrected chi connectivity index (χ0v) is 15.4. The van der Waals surface area contributed by atoms with Crippen LogP contribution in [0.5, 0.6) is 0 Å². The molecule has 0 bridgehead atoms. The lowest BCUT2D eigenvalue weighted by Crippen LogP contribution is -2.68. The molecule has 0 aromatic carbocycles. The Morgan fingerprint density at radius 2 is 2.00 bits per heavy atom. The summed E-state index contributed by atoms with van der Waals surface area (Å²) in [6.07, 6.45) is 3.67. The standard InChI is InChI=1S/C19H25N5O2/c1-3-16-5-4-15(14-21-16)17(25)23-9-6-19(7-10-23)18(26)24(11-8-20)13-12-22(19)2/h4-5,14H,3,6-7,9-13H2,1-2H3. The molecule has 2 aliphatic rings. The number of piperazine rings is 1. The molecule has 1 spiro atoms. The number of carbonyl (C=O) groups is 2. The zero-order valence-electron chi connectivity index (χ0n) is 15.4. The van der Waals surface area contributed by atoms with Gasteiger partial charge >= 0.3 is 0 Å². The van der Waals surface area contributed by atoms with Gasteiger partial charge in [-0.05, 0) is 38.4 Å². The van der Waals surface area contributed by atoms with E-state index in [9.17, 15) is 9.59 Å². The first kappa shape index (κ1) is 18.3. The Morgan fingerprint density at radius 1 is 1.27 bits per heavy atom. The predicted molar refractivity (Wildman–Crippen MR) is 96.3 cm³/mol. The van der Waals surface area contributed by atoms with Crippen LogP contribution in [-0.4, -0.2) is 76.8 Å². The first-order valence-electron chi connectivity index (χ1n) is 9.13. The van der Waals surface area contributed by atoms with Crippen molar-refractivity contribution in [2.75, 3.05) is 39.8 Å². The van der Waals surface area contributed by atoms with E-state index in [2.05, 4.69) is 16.0 Å². The van der Waals surface area contributed by atoms with Crippen molar-refractivity contribution in [3.8, 4) is 6.07 Å². The Labute approximate surface area is 154 Å². The Balaban J connectivity index is 1.70. The largest absolute Gasteiger partial charge is 0.338 e. The average Bonchev–Trinajstić information content (AvgIpc) is 2.69. The number of piperidine rings is 1. The van der Waals surface area contributed by atoms with Crippen molar-refractivity contribution >= 4 is 11.8 Å². The average molecular weight is 355 g/mol. The molecule has 1 aromatic rings. The van der Waals surface area contributed by atoms with Gasteiger partial charge in [-0.3, -0.25) is 19.5 Å². The number of likely N-dealkylation sites (tertiary alicyclic amines) is 1. The summed E-state index contributed by atoms with van der Waals surface area (Å²) in [5.41, 5.74) is 0.967. The third-order valence-electron chi connectivity index (χ3n) is 5.69. The van der Waals surface area contributed by atoms with E-state index in [-0.39, 0.29) is 18.4 Å². The SMILES string of the molecule is CCc1ccc(C(=O)N2CCC3(CC2)C(=O)N(CC#N)CCN3C)cn1. The maximum atomic E-state index is 12.9. The molecule has 0 radical (unpaired) electrons. The minimum atomic E-state index is -0.587. The van der Waals surface area contributed by atoms with Crippen molar-refractivity contribution in [3.05, 3.63) is 29.6 Å². The Hall–Kier alpha value is -2.46. The van der Waals surface area contributed by atoms with E-state index in [0.29, 0.717) is 38.0 Å². The molecule has 2 amide bonds. The van der Waals surface area contributed by atoms with Gasteiger partial charge in [0.25, 0.3) is 5.91 Å². The van der Waals surface area contributed by atoms with Gasteiger partial charge in [0.2, 0.25) is 5.91 Å². The third-order valence-corrected chi connectivity index (χ3v) is 5.69. The molecule has 7 heteroatoms. The van der Waals surface area contributed by atoms with Crippen molar-refractivity contribution in [1.29, 1.82) is 5.26 Å². The molecule has 138 valence electrons. The fourth-order valence-corrected chi connectivity index (χ4v) is 3.90. The third kappa shape index (κ3) is 3.17. The van der Waals surface area contributed by atoms with Gasteiger partial charge in [-0.25, -0.2) is 0 Å². The summed E-state index contributed by atoms with van der Waals surface area (Å²) in [6.45, 7) is 4.57. The highest BCUT2D eigenvalue weighted by Crippen LogP contribution is 2.33. The number of amides is 2. The summed E-state index contributed by atoms with van der Waals surface area (Å²) in [5.74, 6) is -0.0105. The van der Waals surface area contributed by atoms with Crippen LogP contribution >= 0.6 is 0 Å². The van der Waals surface area contributed by atoms with Crippen molar-refractivity contribution in [3.63, 3.8) is 0 Å². The van der Waals surface area contributed by atoms with Crippen LogP contribution in [0.1, 0.15) is 35.8 Å². The van der Waals surface area contributed by atoms with Gasteiger partial charge in [-0.15, -0.1) is 0 Å². The molecule has 1 aromatic heterocycles. The molecule has 0 atom stereocenters. The Morgan fingerprint density at radius 3 is 2.58 bits per heavy atom. The molecular weight excluding hydrogens is 330 g/mol. The lowest BCUT2D eigenvalue weighted by molar-refractivity contribution is -0.152. The molecule has 3 heterocycles. The lowest BCUT2D eigenvalue weighted by atomic mass is 9.82. The molecule has 26 heavy (non-hydrogen) atoms. The molecule has 0 unspecified atom stereocenters. The molecule has 2 fully saturated rings. The lowest BCUT2D eigenvalue weighted by Gasteiger charge is -2.51. The second kappa shape index (κ2) is 7.42. The number of likely N-dealkylation sites (N-methyl/N-ethyl adjacent to an activating group) is 1.